The summed E-state index contributed by atoms with van der Waals surface area (Å²) in [4.78, 5) is 0. The Morgan fingerprint density at radius 2 is 1.73 bits per heavy atom. The lowest BCUT2D eigenvalue weighted by atomic mass is 9.46. The third-order valence-electron chi connectivity index (χ3n) is 12.3. The van der Waals surface area contributed by atoms with Gasteiger partial charge in [0.2, 0.25) is 10.0 Å². The average Bonchev–Trinajstić information content (AvgIpc) is 3.25. The molecule has 3 fully saturated rings. The smallest absolute Gasteiger partial charge is 0.214 e. The van der Waals surface area contributed by atoms with Gasteiger partial charge in [0.05, 0.1) is 11.4 Å². The van der Waals surface area contributed by atoms with Crippen LogP contribution in [0.25, 0.3) is 0 Å². The molecule has 1 unspecified atom stereocenters. The Balaban J connectivity index is 1.25. The van der Waals surface area contributed by atoms with Gasteiger partial charge in [0.1, 0.15) is 0 Å². The van der Waals surface area contributed by atoms with Gasteiger partial charge in [0.15, 0.2) is 0 Å². The highest BCUT2D eigenvalue weighted by Crippen LogP contribution is 2.67. The Labute approximate surface area is 244 Å². The third kappa shape index (κ3) is 5.99. The molecule has 0 aliphatic heterocycles. The Bertz CT molecular complexity index is 1160. The molecule has 0 amide bonds. The van der Waals surface area contributed by atoms with E-state index in [2.05, 4.69) is 45.4 Å². The minimum atomic E-state index is -3.59. The fourth-order valence-electron chi connectivity index (χ4n) is 10.1. The van der Waals surface area contributed by atoms with Gasteiger partial charge in [-0.05, 0) is 103 Å². The van der Waals surface area contributed by atoms with E-state index < -0.39 is 15.6 Å². The van der Waals surface area contributed by atoms with Crippen molar-refractivity contribution < 1.29 is 13.5 Å². The van der Waals surface area contributed by atoms with Crippen LogP contribution in [-0.2, 0) is 16.6 Å². The average molecular weight is 570 g/mol. The number of hydrogen-bond acceptors (Lipinski definition) is 3. The van der Waals surface area contributed by atoms with Crippen molar-refractivity contribution in [2.75, 3.05) is 5.75 Å². The van der Waals surface area contributed by atoms with Crippen LogP contribution < -0.4 is 4.72 Å². The summed E-state index contributed by atoms with van der Waals surface area (Å²) in [5.74, 6) is 4.47. The van der Waals surface area contributed by atoms with E-state index in [4.69, 9.17) is 0 Å². The molecule has 224 valence electrons. The second-order valence-electron chi connectivity index (χ2n) is 15.3. The highest BCUT2D eigenvalue weighted by atomic mass is 32.2. The molecule has 0 bridgehead atoms. The highest BCUT2D eigenvalue weighted by molar-refractivity contribution is 7.89. The van der Waals surface area contributed by atoms with Gasteiger partial charge in [-0.1, -0.05) is 95.9 Å². The van der Waals surface area contributed by atoms with Crippen molar-refractivity contribution in [2.24, 2.45) is 46.3 Å². The molecule has 0 radical (unpaired) electrons. The van der Waals surface area contributed by atoms with Crippen LogP contribution in [0.15, 0.2) is 42.0 Å². The zero-order valence-corrected chi connectivity index (χ0v) is 26.6. The first-order valence-electron chi connectivity index (χ1n) is 16.3. The van der Waals surface area contributed by atoms with Gasteiger partial charge in [0.25, 0.3) is 0 Å². The van der Waals surface area contributed by atoms with Gasteiger partial charge in [0, 0.05) is 6.54 Å². The lowest BCUT2D eigenvalue weighted by Crippen LogP contribution is -2.54. The summed E-state index contributed by atoms with van der Waals surface area (Å²) in [5.41, 5.74) is 1.64. The van der Waals surface area contributed by atoms with Gasteiger partial charge < -0.3 is 5.11 Å². The quantitative estimate of drug-likeness (QED) is 0.282. The molecule has 4 nitrogen and oxygen atoms in total. The van der Waals surface area contributed by atoms with Gasteiger partial charge in [-0.25, -0.2) is 13.1 Å². The first-order valence-corrected chi connectivity index (χ1v) is 17.9. The molecule has 0 spiro atoms. The van der Waals surface area contributed by atoms with E-state index in [1.54, 1.807) is 0 Å². The number of hydrogen-bond donors (Lipinski definition) is 2. The molecule has 1 aromatic carbocycles. The molecule has 0 aromatic heterocycles. The first kappa shape index (κ1) is 30.3. The van der Waals surface area contributed by atoms with Crippen LogP contribution in [-0.4, -0.2) is 24.9 Å². The zero-order chi connectivity index (χ0) is 28.8. The maximum absolute atomic E-state index is 13.0. The van der Waals surface area contributed by atoms with Gasteiger partial charge in [-0.15, -0.1) is 0 Å². The summed E-state index contributed by atoms with van der Waals surface area (Å²) < 4.78 is 28.7. The number of benzene rings is 1. The fraction of sp³-hybridized carbons (Fsp3) is 0.771. The van der Waals surface area contributed by atoms with Crippen LogP contribution in [0.2, 0.25) is 0 Å². The summed E-state index contributed by atoms with van der Waals surface area (Å²) >= 11 is 0. The van der Waals surface area contributed by atoms with Gasteiger partial charge in [-0.3, -0.25) is 0 Å². The minimum Gasteiger partial charge on any atom is -0.388 e. The molecule has 3 saturated carbocycles. The van der Waals surface area contributed by atoms with Crippen molar-refractivity contribution in [3.05, 3.63) is 47.5 Å². The van der Waals surface area contributed by atoms with E-state index in [1.165, 1.54) is 50.5 Å². The number of rotatable bonds is 10. The van der Waals surface area contributed by atoms with Crippen molar-refractivity contribution in [3.63, 3.8) is 0 Å². The Hall–Kier alpha value is -1.17. The van der Waals surface area contributed by atoms with Crippen molar-refractivity contribution in [1.29, 1.82) is 0 Å². The van der Waals surface area contributed by atoms with E-state index >= 15 is 0 Å². The predicted octanol–water partition coefficient (Wildman–Crippen LogP) is 7.88. The number of allylic oxidation sites excluding steroid dienone is 1. The van der Waals surface area contributed by atoms with Crippen molar-refractivity contribution in [3.8, 4) is 0 Å². The van der Waals surface area contributed by atoms with E-state index in [1.807, 2.05) is 30.3 Å². The van der Waals surface area contributed by atoms with Crippen LogP contribution in [0.3, 0.4) is 0 Å². The normalized spacial score (nSPS) is 38.3. The molecule has 2 N–H and O–H groups in total. The van der Waals surface area contributed by atoms with Crippen LogP contribution >= 0.6 is 0 Å². The van der Waals surface area contributed by atoms with E-state index in [0.717, 1.165) is 48.0 Å². The summed E-state index contributed by atoms with van der Waals surface area (Å²) in [7, 11) is -3.59. The van der Waals surface area contributed by atoms with Crippen LogP contribution in [0.1, 0.15) is 111 Å². The number of nitrogens with one attached hydrogen (secondary N) is 1. The molecule has 5 heteroatoms. The molecular weight excluding hydrogens is 514 g/mol. The highest BCUT2D eigenvalue weighted by Gasteiger charge is 2.60. The Morgan fingerprint density at radius 1 is 0.975 bits per heavy atom. The van der Waals surface area contributed by atoms with E-state index in [9.17, 15) is 13.5 Å². The molecule has 1 aromatic rings. The maximum atomic E-state index is 13.0. The number of sulfonamides is 1. The zero-order valence-electron chi connectivity index (χ0n) is 25.8. The largest absolute Gasteiger partial charge is 0.388 e. The molecular formula is C35H55NO3S. The third-order valence-corrected chi connectivity index (χ3v) is 13.8. The number of aliphatic hydroxyl groups is 1. The summed E-state index contributed by atoms with van der Waals surface area (Å²) in [6.07, 6.45) is 15.0. The fourth-order valence-corrected chi connectivity index (χ4v) is 11.5. The van der Waals surface area contributed by atoms with Gasteiger partial charge >= 0.3 is 0 Å². The van der Waals surface area contributed by atoms with Crippen LogP contribution in [0.4, 0.5) is 0 Å². The van der Waals surface area contributed by atoms with E-state index in [0.29, 0.717) is 24.2 Å². The molecule has 0 heterocycles. The lowest BCUT2D eigenvalue weighted by Gasteiger charge is -2.59. The summed E-state index contributed by atoms with van der Waals surface area (Å²) in [5, 5.41) is 11.6. The maximum Gasteiger partial charge on any atom is 0.214 e. The predicted molar refractivity (Wildman–Crippen MR) is 165 cm³/mol. The number of fused-ring (bicyclic) bond motifs is 5. The van der Waals surface area contributed by atoms with Gasteiger partial charge in [-0.2, -0.15) is 0 Å². The minimum absolute atomic E-state index is 0.0959. The second kappa shape index (κ2) is 11.5. The van der Waals surface area contributed by atoms with Crippen molar-refractivity contribution >= 4 is 10.0 Å². The standard InChI is InChI=1S/C35H55NO3S/c1-25(2)10-9-11-26(3)30-16-17-31-29-15-14-28-22-35(37,21-20-33(28,4)32(29)18-19-34(30,31)5)24-40(38,39)36-23-27-12-7-6-8-13-27/h6-8,12-14,25-26,29-32,36-37H,9-11,15-24H2,1-5H3/t26-,29+,30-,31+,32+,33+,34-,35?/m1/s1. The van der Waals surface area contributed by atoms with E-state index in [-0.39, 0.29) is 17.7 Å². The molecule has 5 rings (SSSR count). The first-order chi connectivity index (χ1) is 18.9. The van der Waals surface area contributed by atoms with Crippen LogP contribution in [0, 0.1) is 46.3 Å². The van der Waals surface area contributed by atoms with Crippen molar-refractivity contribution in [1.82, 2.24) is 4.72 Å². The monoisotopic (exact) mass is 569 g/mol. The summed E-state index contributed by atoms with van der Waals surface area (Å²) in [6, 6.07) is 9.59. The molecule has 8 atom stereocenters. The Kier molecular flexibility index (Phi) is 8.70. The summed E-state index contributed by atoms with van der Waals surface area (Å²) in [6.45, 7) is 12.6. The second-order valence-corrected chi connectivity index (χ2v) is 17.1. The molecule has 0 saturated heterocycles. The molecule has 40 heavy (non-hydrogen) atoms. The molecule has 4 aliphatic carbocycles. The lowest BCUT2D eigenvalue weighted by molar-refractivity contribution is -0.0699. The Morgan fingerprint density at radius 3 is 2.45 bits per heavy atom. The molecule has 4 aliphatic rings. The SMILES string of the molecule is CC(C)CCC[C@@H](C)[C@H]1CC[C@H]2[C@@H]3CC=C4CC(O)(CS(=O)(=O)NCc5ccccc5)CC[C@]4(C)[C@H]3CC[C@]12C. The van der Waals surface area contributed by atoms with Crippen molar-refractivity contribution in [2.45, 2.75) is 117 Å². The topological polar surface area (TPSA) is 66.4 Å². The van der Waals surface area contributed by atoms with Crippen LogP contribution in [0.5, 0.6) is 0 Å².